The average molecular weight is 300 g/mol. The monoisotopic (exact) mass is 300 g/mol. The fourth-order valence-corrected chi connectivity index (χ4v) is 1.60. The Balaban J connectivity index is 3.52. The predicted molar refractivity (Wildman–Crippen MR) is 95.9 cm³/mol. The van der Waals surface area contributed by atoms with E-state index in [0.717, 1.165) is 44.6 Å². The smallest absolute Gasteiger partial charge is 0.328 e. The minimum atomic E-state index is -0.913. The van der Waals surface area contributed by atoms with Crippen molar-refractivity contribution >= 4 is 5.97 Å². The summed E-state index contributed by atoms with van der Waals surface area (Å²) in [4.78, 5) is 10.2. The van der Waals surface area contributed by atoms with Gasteiger partial charge in [-0.15, -0.1) is 0 Å². The summed E-state index contributed by atoms with van der Waals surface area (Å²) in [6.45, 7) is 2.14. The van der Waals surface area contributed by atoms with E-state index in [1.807, 2.05) is 6.08 Å². The Hall–Kier alpha value is -2.09. The standard InChI is InChI=1S/C20H28O2/c1-2-3-4-5-6-7-8-9-10-11-12-13-14-15-16-17-18-19-20(21)22/h3-4,6-7,9-10,12-13,16-19H,2,5,8,11,14-15H2,1H3,(H,21,22)/b4-3?,7-6?,10-9?,13-12?,17-16+,19-18+. The summed E-state index contributed by atoms with van der Waals surface area (Å²) in [5.41, 5.74) is 0. The van der Waals surface area contributed by atoms with E-state index in [1.165, 1.54) is 0 Å². The molecule has 0 fully saturated rings. The van der Waals surface area contributed by atoms with Gasteiger partial charge in [-0.25, -0.2) is 4.79 Å². The van der Waals surface area contributed by atoms with Crippen LogP contribution in [0.4, 0.5) is 0 Å². The van der Waals surface area contributed by atoms with Crippen LogP contribution < -0.4 is 0 Å². The minimum absolute atomic E-state index is 0.913. The highest BCUT2D eigenvalue weighted by Crippen LogP contribution is 1.97. The van der Waals surface area contributed by atoms with Crippen molar-refractivity contribution in [2.75, 3.05) is 0 Å². The van der Waals surface area contributed by atoms with E-state index >= 15 is 0 Å². The molecule has 0 aliphatic heterocycles. The highest BCUT2D eigenvalue weighted by molar-refractivity contribution is 5.80. The third-order valence-corrected chi connectivity index (χ3v) is 2.70. The fourth-order valence-electron chi connectivity index (χ4n) is 1.60. The summed E-state index contributed by atoms with van der Waals surface area (Å²) in [6, 6.07) is 0. The van der Waals surface area contributed by atoms with E-state index in [1.54, 1.807) is 12.2 Å². The van der Waals surface area contributed by atoms with Crippen LogP contribution in [0.15, 0.2) is 72.9 Å². The zero-order valence-electron chi connectivity index (χ0n) is 13.5. The molecule has 0 aliphatic carbocycles. The van der Waals surface area contributed by atoms with E-state index in [2.05, 4.69) is 55.5 Å². The molecule has 2 nitrogen and oxygen atoms in total. The zero-order chi connectivity index (χ0) is 16.3. The second-order valence-electron chi connectivity index (χ2n) is 4.70. The Bertz CT molecular complexity index is 435. The third-order valence-electron chi connectivity index (χ3n) is 2.70. The van der Waals surface area contributed by atoms with Gasteiger partial charge >= 0.3 is 5.97 Å². The maximum absolute atomic E-state index is 10.2. The van der Waals surface area contributed by atoms with Gasteiger partial charge in [-0.05, 0) is 38.5 Å². The summed E-state index contributed by atoms with van der Waals surface area (Å²) in [5.74, 6) is -0.913. The van der Waals surface area contributed by atoms with Crippen LogP contribution in [0.5, 0.6) is 0 Å². The van der Waals surface area contributed by atoms with Gasteiger partial charge in [-0.1, -0.05) is 73.8 Å². The topological polar surface area (TPSA) is 37.3 Å². The summed E-state index contributed by atoms with van der Waals surface area (Å²) >= 11 is 0. The molecule has 0 aromatic heterocycles. The first kappa shape index (κ1) is 19.9. The molecular formula is C20H28O2. The van der Waals surface area contributed by atoms with Crippen molar-refractivity contribution in [3.05, 3.63) is 72.9 Å². The maximum Gasteiger partial charge on any atom is 0.328 e. The molecule has 0 saturated heterocycles. The molecule has 0 radical (unpaired) electrons. The first-order chi connectivity index (χ1) is 10.8. The number of aliphatic carboxylic acids is 1. The lowest BCUT2D eigenvalue weighted by Crippen LogP contribution is -1.84. The maximum atomic E-state index is 10.2. The second kappa shape index (κ2) is 17.0. The molecule has 1 N–H and O–H groups in total. The molecule has 0 unspecified atom stereocenters. The largest absolute Gasteiger partial charge is 0.478 e. The van der Waals surface area contributed by atoms with Crippen LogP contribution >= 0.6 is 0 Å². The van der Waals surface area contributed by atoms with Gasteiger partial charge in [0.2, 0.25) is 0 Å². The fraction of sp³-hybridized carbons (Fsp3) is 0.350. The molecule has 0 aromatic carbocycles. The lowest BCUT2D eigenvalue weighted by atomic mass is 10.2. The zero-order valence-corrected chi connectivity index (χ0v) is 13.5. The molecule has 2 heteroatoms. The average Bonchev–Trinajstić information content (AvgIpc) is 2.50. The van der Waals surface area contributed by atoms with Crippen molar-refractivity contribution in [3.8, 4) is 0 Å². The van der Waals surface area contributed by atoms with Crippen LogP contribution in [0, 0.1) is 0 Å². The van der Waals surface area contributed by atoms with E-state index in [9.17, 15) is 4.79 Å². The number of carboxylic acids is 1. The molecule has 0 atom stereocenters. The highest BCUT2D eigenvalue weighted by atomic mass is 16.4. The SMILES string of the molecule is CCC=CCC=CCC=CCC=CCC/C=C/C=C/C(=O)O. The van der Waals surface area contributed by atoms with Crippen molar-refractivity contribution in [2.45, 2.75) is 45.4 Å². The molecule has 22 heavy (non-hydrogen) atoms. The summed E-state index contributed by atoms with van der Waals surface area (Å²) in [5, 5.41) is 8.39. The van der Waals surface area contributed by atoms with Crippen LogP contribution in [0.3, 0.4) is 0 Å². The highest BCUT2D eigenvalue weighted by Gasteiger charge is 1.80. The summed E-state index contributed by atoms with van der Waals surface area (Å²) < 4.78 is 0. The minimum Gasteiger partial charge on any atom is -0.478 e. The number of allylic oxidation sites excluding steroid dienone is 11. The lowest BCUT2D eigenvalue weighted by molar-refractivity contribution is -0.131. The van der Waals surface area contributed by atoms with Crippen LogP contribution in [0.25, 0.3) is 0 Å². The third kappa shape index (κ3) is 17.9. The number of rotatable bonds is 12. The van der Waals surface area contributed by atoms with Crippen LogP contribution in [0.1, 0.15) is 45.4 Å². The Labute approximate surface area is 134 Å². The van der Waals surface area contributed by atoms with Crippen molar-refractivity contribution in [1.29, 1.82) is 0 Å². The molecule has 0 aliphatic rings. The van der Waals surface area contributed by atoms with E-state index in [-0.39, 0.29) is 0 Å². The van der Waals surface area contributed by atoms with Gasteiger partial charge in [0.25, 0.3) is 0 Å². The van der Waals surface area contributed by atoms with E-state index in [0.29, 0.717) is 0 Å². The van der Waals surface area contributed by atoms with Gasteiger partial charge in [-0.2, -0.15) is 0 Å². The first-order valence-electron chi connectivity index (χ1n) is 7.93. The van der Waals surface area contributed by atoms with E-state index in [4.69, 9.17) is 5.11 Å². The lowest BCUT2D eigenvalue weighted by Gasteiger charge is -1.86. The molecule has 0 saturated carbocycles. The van der Waals surface area contributed by atoms with Gasteiger partial charge in [-0.3, -0.25) is 0 Å². The van der Waals surface area contributed by atoms with Gasteiger partial charge in [0, 0.05) is 6.08 Å². The number of hydrogen-bond acceptors (Lipinski definition) is 1. The van der Waals surface area contributed by atoms with Gasteiger partial charge in [0.1, 0.15) is 0 Å². The Kier molecular flexibility index (Phi) is 15.4. The number of hydrogen-bond donors (Lipinski definition) is 1. The van der Waals surface area contributed by atoms with E-state index < -0.39 is 5.97 Å². The summed E-state index contributed by atoms with van der Waals surface area (Å²) in [6.07, 6.45) is 29.8. The number of carbonyl (C=O) groups is 1. The Morgan fingerprint density at radius 2 is 1.23 bits per heavy atom. The van der Waals surface area contributed by atoms with Gasteiger partial charge in [0.15, 0.2) is 0 Å². The molecule has 120 valence electrons. The van der Waals surface area contributed by atoms with Crippen molar-refractivity contribution in [3.63, 3.8) is 0 Å². The molecule has 0 aromatic rings. The van der Waals surface area contributed by atoms with Crippen LogP contribution in [0.2, 0.25) is 0 Å². The van der Waals surface area contributed by atoms with Crippen molar-refractivity contribution in [1.82, 2.24) is 0 Å². The quantitative estimate of drug-likeness (QED) is 0.215. The Morgan fingerprint density at radius 3 is 1.77 bits per heavy atom. The second-order valence-corrected chi connectivity index (χ2v) is 4.70. The molecular weight excluding hydrogens is 272 g/mol. The van der Waals surface area contributed by atoms with Gasteiger partial charge < -0.3 is 5.11 Å². The molecule has 0 rings (SSSR count). The Morgan fingerprint density at radius 1 is 0.727 bits per heavy atom. The normalized spacial score (nSPS) is 13.1. The van der Waals surface area contributed by atoms with Crippen LogP contribution in [-0.4, -0.2) is 11.1 Å². The van der Waals surface area contributed by atoms with Gasteiger partial charge in [0.05, 0.1) is 0 Å². The summed E-state index contributed by atoms with van der Waals surface area (Å²) in [7, 11) is 0. The predicted octanol–water partition coefficient (Wildman–Crippen LogP) is 5.77. The molecule has 0 bridgehead atoms. The molecule has 0 amide bonds. The molecule has 0 heterocycles. The number of carboxylic acid groups (broad SMARTS) is 1. The van der Waals surface area contributed by atoms with Crippen molar-refractivity contribution < 1.29 is 9.90 Å². The first-order valence-corrected chi connectivity index (χ1v) is 7.93. The number of unbranched alkanes of at least 4 members (excludes halogenated alkanes) is 1. The molecule has 0 spiro atoms. The van der Waals surface area contributed by atoms with Crippen LogP contribution in [-0.2, 0) is 4.79 Å². The van der Waals surface area contributed by atoms with Crippen molar-refractivity contribution in [2.24, 2.45) is 0 Å².